The number of nitrogens with zero attached hydrogens (tertiary/aromatic N) is 1. The predicted octanol–water partition coefficient (Wildman–Crippen LogP) is 1.91. The average molecular weight is 256 g/mol. The predicted molar refractivity (Wildman–Crippen MR) is 64.4 cm³/mol. The average Bonchev–Trinajstić information content (AvgIpc) is 2.31. The summed E-state index contributed by atoms with van der Waals surface area (Å²) in [5.74, 6) is -0.251. The van der Waals surface area contributed by atoms with E-state index in [0.717, 1.165) is 0 Å². The molecule has 1 atom stereocenters. The number of hydrogen-bond acceptors (Lipinski definition) is 3. The lowest BCUT2D eigenvalue weighted by atomic mass is 10.1. The second-order valence-corrected chi connectivity index (χ2v) is 4.53. The number of halogens is 1. The number of amides is 1. The number of carbonyl (C=O) groups is 1. The summed E-state index contributed by atoms with van der Waals surface area (Å²) in [5.41, 5.74) is 0.242. The maximum absolute atomic E-state index is 12.2. The normalized spacial score (nSPS) is 20.4. The van der Waals surface area contributed by atoms with Crippen LogP contribution in [0.5, 0.6) is 5.75 Å². The molecule has 0 spiro atoms. The summed E-state index contributed by atoms with van der Waals surface area (Å²) < 4.78 is 5.37. The summed E-state index contributed by atoms with van der Waals surface area (Å²) >= 11 is 5.82. The van der Waals surface area contributed by atoms with E-state index in [1.807, 2.05) is 6.92 Å². The number of hydrogen-bond donors (Lipinski definition) is 1. The highest BCUT2D eigenvalue weighted by atomic mass is 35.5. The van der Waals surface area contributed by atoms with Crippen molar-refractivity contribution < 1.29 is 14.6 Å². The molecule has 1 aliphatic heterocycles. The van der Waals surface area contributed by atoms with Gasteiger partial charge in [0.2, 0.25) is 0 Å². The number of phenols is 1. The molecule has 1 aliphatic rings. The van der Waals surface area contributed by atoms with Gasteiger partial charge in [-0.05, 0) is 25.1 Å². The molecule has 1 aromatic carbocycles. The molecular formula is C12H14ClNO3. The van der Waals surface area contributed by atoms with Gasteiger partial charge in [-0.3, -0.25) is 4.79 Å². The van der Waals surface area contributed by atoms with Crippen LogP contribution in [0, 0.1) is 0 Å². The van der Waals surface area contributed by atoms with Crippen molar-refractivity contribution in [2.75, 3.05) is 19.7 Å². The monoisotopic (exact) mass is 255 g/mol. The van der Waals surface area contributed by atoms with Crippen molar-refractivity contribution in [1.29, 1.82) is 0 Å². The fourth-order valence-corrected chi connectivity index (χ4v) is 2.02. The minimum Gasteiger partial charge on any atom is -0.507 e. The molecule has 1 saturated heterocycles. The van der Waals surface area contributed by atoms with Gasteiger partial charge < -0.3 is 14.7 Å². The number of ether oxygens (including phenoxy) is 1. The highest BCUT2D eigenvalue weighted by molar-refractivity contribution is 6.31. The molecule has 1 heterocycles. The second kappa shape index (κ2) is 4.94. The van der Waals surface area contributed by atoms with Crippen LogP contribution in [0.3, 0.4) is 0 Å². The Kier molecular flexibility index (Phi) is 3.54. The first kappa shape index (κ1) is 12.2. The van der Waals surface area contributed by atoms with Crippen LogP contribution in [0.1, 0.15) is 17.3 Å². The Labute approximate surface area is 105 Å². The number of morpholine rings is 1. The van der Waals surface area contributed by atoms with Crippen LogP contribution in [0.15, 0.2) is 18.2 Å². The molecular weight excluding hydrogens is 242 g/mol. The number of carbonyl (C=O) groups excluding carboxylic acids is 1. The van der Waals surface area contributed by atoms with E-state index >= 15 is 0 Å². The van der Waals surface area contributed by atoms with Gasteiger partial charge in [0.15, 0.2) is 0 Å². The lowest BCUT2D eigenvalue weighted by molar-refractivity contribution is -0.0125. The standard InChI is InChI=1S/C12H14ClNO3/c1-8-7-14(4-5-17-8)12(16)10-6-9(13)2-3-11(10)15/h2-3,6,8,15H,4-5,7H2,1H3. The summed E-state index contributed by atoms with van der Waals surface area (Å²) in [6.07, 6.45) is 0.0222. The van der Waals surface area contributed by atoms with Crippen LogP contribution < -0.4 is 0 Å². The number of aromatic hydroxyl groups is 1. The minimum absolute atomic E-state index is 0.0222. The first-order chi connectivity index (χ1) is 8.08. The molecule has 0 radical (unpaired) electrons. The van der Waals surface area contributed by atoms with Crippen LogP contribution in [0.25, 0.3) is 0 Å². The number of rotatable bonds is 1. The molecule has 1 N–H and O–H groups in total. The van der Waals surface area contributed by atoms with Gasteiger partial charge in [0.1, 0.15) is 5.75 Å². The van der Waals surface area contributed by atoms with Crippen LogP contribution in [0.4, 0.5) is 0 Å². The summed E-state index contributed by atoms with van der Waals surface area (Å²) in [4.78, 5) is 13.8. The van der Waals surface area contributed by atoms with Gasteiger partial charge in [0.05, 0.1) is 18.3 Å². The Hall–Kier alpha value is -1.26. The smallest absolute Gasteiger partial charge is 0.257 e. The van der Waals surface area contributed by atoms with Crippen molar-refractivity contribution >= 4 is 17.5 Å². The second-order valence-electron chi connectivity index (χ2n) is 4.09. The quantitative estimate of drug-likeness (QED) is 0.834. The molecule has 1 fully saturated rings. The molecule has 2 rings (SSSR count). The zero-order chi connectivity index (χ0) is 12.4. The first-order valence-corrected chi connectivity index (χ1v) is 5.85. The summed E-state index contributed by atoms with van der Waals surface area (Å²) in [6, 6.07) is 4.47. The molecule has 4 nitrogen and oxygen atoms in total. The van der Waals surface area contributed by atoms with Crippen molar-refractivity contribution in [3.05, 3.63) is 28.8 Å². The Morgan fingerprint density at radius 2 is 2.35 bits per heavy atom. The SMILES string of the molecule is CC1CN(C(=O)c2cc(Cl)ccc2O)CCO1. The number of phenolic OH excluding ortho intramolecular Hbond substituents is 1. The van der Waals surface area contributed by atoms with Gasteiger partial charge >= 0.3 is 0 Å². The Balaban J connectivity index is 2.21. The highest BCUT2D eigenvalue weighted by Crippen LogP contribution is 2.23. The summed E-state index contributed by atoms with van der Waals surface area (Å²) in [6.45, 7) is 3.51. The molecule has 0 bridgehead atoms. The van der Waals surface area contributed by atoms with Crippen LogP contribution in [0.2, 0.25) is 5.02 Å². The molecule has 1 unspecified atom stereocenters. The van der Waals surface area contributed by atoms with Crippen molar-refractivity contribution in [1.82, 2.24) is 4.90 Å². The van der Waals surface area contributed by atoms with Crippen LogP contribution >= 0.6 is 11.6 Å². The van der Waals surface area contributed by atoms with E-state index in [0.29, 0.717) is 24.7 Å². The van der Waals surface area contributed by atoms with Crippen molar-refractivity contribution in [2.45, 2.75) is 13.0 Å². The molecule has 1 amide bonds. The third-order valence-corrected chi connectivity index (χ3v) is 2.95. The van der Waals surface area contributed by atoms with Gasteiger partial charge in [-0.25, -0.2) is 0 Å². The van der Waals surface area contributed by atoms with E-state index in [-0.39, 0.29) is 23.3 Å². The topological polar surface area (TPSA) is 49.8 Å². The van der Waals surface area contributed by atoms with Crippen LogP contribution in [-0.2, 0) is 4.74 Å². The number of benzene rings is 1. The molecule has 0 aliphatic carbocycles. The van der Waals surface area contributed by atoms with E-state index in [9.17, 15) is 9.90 Å². The zero-order valence-corrected chi connectivity index (χ0v) is 10.3. The highest BCUT2D eigenvalue weighted by Gasteiger charge is 2.24. The van der Waals surface area contributed by atoms with E-state index in [1.165, 1.54) is 12.1 Å². The lowest BCUT2D eigenvalue weighted by Crippen LogP contribution is -2.44. The van der Waals surface area contributed by atoms with Gasteiger partial charge in [-0.15, -0.1) is 0 Å². The fourth-order valence-electron chi connectivity index (χ4n) is 1.85. The van der Waals surface area contributed by atoms with Crippen molar-refractivity contribution in [2.24, 2.45) is 0 Å². The lowest BCUT2D eigenvalue weighted by Gasteiger charge is -2.31. The van der Waals surface area contributed by atoms with E-state index in [2.05, 4.69) is 0 Å². The van der Waals surface area contributed by atoms with E-state index in [4.69, 9.17) is 16.3 Å². The molecule has 0 aromatic heterocycles. The summed E-state index contributed by atoms with van der Waals surface area (Å²) in [7, 11) is 0. The molecule has 1 aromatic rings. The minimum atomic E-state index is -0.208. The van der Waals surface area contributed by atoms with Crippen LogP contribution in [-0.4, -0.2) is 41.7 Å². The van der Waals surface area contributed by atoms with E-state index in [1.54, 1.807) is 11.0 Å². The van der Waals surface area contributed by atoms with Gasteiger partial charge in [-0.2, -0.15) is 0 Å². The van der Waals surface area contributed by atoms with Crippen molar-refractivity contribution in [3.63, 3.8) is 0 Å². The van der Waals surface area contributed by atoms with Gasteiger partial charge in [0, 0.05) is 18.1 Å². The van der Waals surface area contributed by atoms with Crippen molar-refractivity contribution in [3.8, 4) is 5.75 Å². The fraction of sp³-hybridized carbons (Fsp3) is 0.417. The molecule has 17 heavy (non-hydrogen) atoms. The van der Waals surface area contributed by atoms with E-state index < -0.39 is 0 Å². The Morgan fingerprint density at radius 1 is 1.59 bits per heavy atom. The first-order valence-electron chi connectivity index (χ1n) is 5.47. The molecule has 92 valence electrons. The summed E-state index contributed by atoms with van der Waals surface area (Å²) in [5, 5.41) is 10.1. The van der Waals surface area contributed by atoms with Gasteiger partial charge in [-0.1, -0.05) is 11.6 Å². The Morgan fingerprint density at radius 3 is 3.06 bits per heavy atom. The maximum atomic E-state index is 12.2. The largest absolute Gasteiger partial charge is 0.507 e. The third kappa shape index (κ3) is 2.70. The third-order valence-electron chi connectivity index (χ3n) is 2.72. The Bertz CT molecular complexity index is 436. The zero-order valence-electron chi connectivity index (χ0n) is 9.52. The molecule has 0 saturated carbocycles. The molecule has 5 heteroatoms. The maximum Gasteiger partial charge on any atom is 0.257 e. The van der Waals surface area contributed by atoms with Gasteiger partial charge in [0.25, 0.3) is 5.91 Å².